The lowest BCUT2D eigenvalue weighted by Crippen LogP contribution is -2.42. The summed E-state index contributed by atoms with van der Waals surface area (Å²) in [7, 11) is 0. The maximum atomic E-state index is 14.3. The van der Waals surface area contributed by atoms with Gasteiger partial charge in [0, 0.05) is 24.0 Å². The number of carbonyl (C=O) groups excluding carboxylic acids is 2. The number of alkyl halides is 1. The SMILES string of the molecule is CCCC(CCC1C(=O)N(CC(=O)N2CCC(C)(F)C2)c2ccccc21)Oc1cnc2[nH]ncc2c1. The molecule has 1 N–H and O–H groups in total. The zero-order chi connectivity index (χ0) is 25.3. The topological polar surface area (TPSA) is 91.4 Å². The van der Waals surface area contributed by atoms with Crippen molar-refractivity contribution in [2.75, 3.05) is 24.5 Å². The Morgan fingerprint density at radius 2 is 2.14 bits per heavy atom. The van der Waals surface area contributed by atoms with E-state index in [1.54, 1.807) is 17.3 Å². The third-order valence-electron chi connectivity index (χ3n) is 7.19. The van der Waals surface area contributed by atoms with Gasteiger partial charge in [-0.1, -0.05) is 31.5 Å². The second-order valence-corrected chi connectivity index (χ2v) is 10.1. The fourth-order valence-corrected chi connectivity index (χ4v) is 5.29. The summed E-state index contributed by atoms with van der Waals surface area (Å²) in [6.45, 7) is 4.03. The minimum Gasteiger partial charge on any atom is -0.489 e. The second-order valence-electron chi connectivity index (χ2n) is 10.1. The molecule has 1 fully saturated rings. The number of benzene rings is 1. The van der Waals surface area contributed by atoms with Crippen LogP contribution in [0.3, 0.4) is 0 Å². The highest BCUT2D eigenvalue weighted by Crippen LogP contribution is 2.40. The van der Waals surface area contributed by atoms with Crippen LogP contribution in [0.2, 0.25) is 0 Å². The maximum absolute atomic E-state index is 14.3. The lowest BCUT2D eigenvalue weighted by atomic mass is 9.93. The number of rotatable bonds is 9. The number of aromatic nitrogens is 3. The first kappa shape index (κ1) is 24.2. The molecule has 5 rings (SSSR count). The molecule has 0 bridgehead atoms. The molecule has 0 spiro atoms. The van der Waals surface area contributed by atoms with Crippen molar-refractivity contribution in [3.8, 4) is 5.75 Å². The number of hydrogen-bond acceptors (Lipinski definition) is 5. The van der Waals surface area contributed by atoms with Gasteiger partial charge in [-0.05, 0) is 43.9 Å². The van der Waals surface area contributed by atoms with Gasteiger partial charge in [-0.25, -0.2) is 9.37 Å². The largest absolute Gasteiger partial charge is 0.489 e. The number of fused-ring (bicyclic) bond motifs is 2. The van der Waals surface area contributed by atoms with E-state index in [1.165, 1.54) is 11.8 Å². The molecule has 3 unspecified atom stereocenters. The van der Waals surface area contributed by atoms with E-state index in [4.69, 9.17) is 4.74 Å². The average Bonchev–Trinajstić information content (AvgIpc) is 3.54. The van der Waals surface area contributed by atoms with Gasteiger partial charge < -0.3 is 14.5 Å². The van der Waals surface area contributed by atoms with Crippen LogP contribution in [0.4, 0.5) is 10.1 Å². The highest BCUT2D eigenvalue weighted by molar-refractivity contribution is 6.08. The molecule has 1 aromatic carbocycles. The molecule has 2 aliphatic heterocycles. The van der Waals surface area contributed by atoms with Gasteiger partial charge in [0.25, 0.3) is 0 Å². The van der Waals surface area contributed by atoms with Crippen LogP contribution < -0.4 is 9.64 Å². The molecule has 0 radical (unpaired) electrons. The molecule has 3 atom stereocenters. The Kier molecular flexibility index (Phi) is 6.64. The van der Waals surface area contributed by atoms with Gasteiger partial charge in [-0.15, -0.1) is 0 Å². The number of nitrogens with one attached hydrogen (secondary N) is 1. The predicted molar refractivity (Wildman–Crippen MR) is 135 cm³/mol. The van der Waals surface area contributed by atoms with Crippen LogP contribution in [-0.4, -0.2) is 63.3 Å². The maximum Gasteiger partial charge on any atom is 0.242 e. The van der Waals surface area contributed by atoms with Gasteiger partial charge in [0.1, 0.15) is 18.0 Å². The van der Waals surface area contributed by atoms with E-state index in [9.17, 15) is 14.0 Å². The number of H-pyrrole nitrogens is 1. The zero-order valence-electron chi connectivity index (χ0n) is 20.7. The van der Waals surface area contributed by atoms with E-state index in [0.717, 1.165) is 29.5 Å². The Morgan fingerprint density at radius 3 is 2.92 bits per heavy atom. The molecule has 0 saturated carbocycles. The van der Waals surface area contributed by atoms with E-state index in [1.807, 2.05) is 30.3 Å². The van der Waals surface area contributed by atoms with Gasteiger partial charge >= 0.3 is 0 Å². The first-order chi connectivity index (χ1) is 17.3. The number of pyridine rings is 1. The molecular formula is C27H32FN5O3. The van der Waals surface area contributed by atoms with Gasteiger partial charge in [0.15, 0.2) is 5.65 Å². The third kappa shape index (κ3) is 4.92. The number of halogens is 1. The standard InChI is InChI=1S/C27H32FN5O3/c1-3-6-19(36-20-13-18-14-30-31-25(18)29-15-20)9-10-22-21-7-4-5-8-23(21)33(26(22)35)16-24(34)32-12-11-27(2,28)17-32/h4-5,7-8,13-15,19,22H,3,6,9-12,16-17H2,1-2H3,(H,29,30,31). The van der Waals surface area contributed by atoms with E-state index < -0.39 is 5.67 Å². The number of para-hydroxylation sites is 1. The summed E-state index contributed by atoms with van der Waals surface area (Å²) in [5.74, 6) is 0.0488. The van der Waals surface area contributed by atoms with Crippen molar-refractivity contribution < 1.29 is 18.7 Å². The first-order valence-electron chi connectivity index (χ1n) is 12.7. The van der Waals surface area contributed by atoms with Crippen molar-refractivity contribution in [1.29, 1.82) is 0 Å². The van der Waals surface area contributed by atoms with Gasteiger partial charge in [0.05, 0.1) is 31.0 Å². The van der Waals surface area contributed by atoms with Crippen LogP contribution in [0.1, 0.15) is 57.4 Å². The average molecular weight is 494 g/mol. The molecular weight excluding hydrogens is 461 g/mol. The number of likely N-dealkylation sites (tertiary alicyclic amines) is 1. The van der Waals surface area contributed by atoms with Crippen LogP contribution in [0.5, 0.6) is 5.75 Å². The highest BCUT2D eigenvalue weighted by Gasteiger charge is 2.41. The van der Waals surface area contributed by atoms with Crippen LogP contribution in [0.15, 0.2) is 42.7 Å². The van der Waals surface area contributed by atoms with Crippen molar-refractivity contribution in [3.63, 3.8) is 0 Å². The van der Waals surface area contributed by atoms with Gasteiger partial charge in [-0.3, -0.25) is 14.7 Å². The number of anilines is 1. The molecule has 9 heteroatoms. The minimum atomic E-state index is -1.36. The smallest absolute Gasteiger partial charge is 0.242 e. The van der Waals surface area contributed by atoms with Crippen LogP contribution in [0, 0.1) is 0 Å². The number of aromatic amines is 1. The molecule has 36 heavy (non-hydrogen) atoms. The van der Waals surface area contributed by atoms with Crippen LogP contribution in [-0.2, 0) is 9.59 Å². The lowest BCUT2D eigenvalue weighted by Gasteiger charge is -2.23. The summed E-state index contributed by atoms with van der Waals surface area (Å²) in [4.78, 5) is 33.9. The summed E-state index contributed by atoms with van der Waals surface area (Å²) in [5.41, 5.74) is 1.05. The predicted octanol–water partition coefficient (Wildman–Crippen LogP) is 4.38. The molecule has 4 heterocycles. The van der Waals surface area contributed by atoms with Crippen molar-refractivity contribution in [2.45, 2.75) is 63.6 Å². The molecule has 3 aromatic rings. The van der Waals surface area contributed by atoms with Crippen LogP contribution >= 0.6 is 0 Å². The minimum absolute atomic E-state index is 0.0618. The number of hydrogen-bond donors (Lipinski definition) is 1. The van der Waals surface area contributed by atoms with Crippen molar-refractivity contribution in [2.24, 2.45) is 0 Å². The molecule has 2 aromatic heterocycles. The first-order valence-corrected chi connectivity index (χ1v) is 12.7. The Balaban J connectivity index is 1.27. The summed E-state index contributed by atoms with van der Waals surface area (Å²) in [5, 5.41) is 7.73. The summed E-state index contributed by atoms with van der Waals surface area (Å²) >= 11 is 0. The van der Waals surface area contributed by atoms with Crippen molar-refractivity contribution in [3.05, 3.63) is 48.3 Å². The van der Waals surface area contributed by atoms with Crippen molar-refractivity contribution >= 4 is 28.5 Å². The van der Waals surface area contributed by atoms with E-state index in [2.05, 4.69) is 22.1 Å². The third-order valence-corrected chi connectivity index (χ3v) is 7.19. The molecule has 1 saturated heterocycles. The normalized spacial score (nSPS) is 22.3. The van der Waals surface area contributed by atoms with E-state index in [-0.39, 0.29) is 36.9 Å². The molecule has 190 valence electrons. The van der Waals surface area contributed by atoms with Crippen LogP contribution in [0.25, 0.3) is 11.0 Å². The second kappa shape index (κ2) is 9.87. The lowest BCUT2D eigenvalue weighted by molar-refractivity contribution is -0.131. The fourth-order valence-electron chi connectivity index (χ4n) is 5.29. The highest BCUT2D eigenvalue weighted by atomic mass is 19.1. The Bertz CT molecular complexity index is 1260. The zero-order valence-corrected chi connectivity index (χ0v) is 20.7. The van der Waals surface area contributed by atoms with Crippen molar-refractivity contribution in [1.82, 2.24) is 20.1 Å². The molecule has 2 aliphatic rings. The molecule has 2 amide bonds. The number of nitrogens with zero attached hydrogens (tertiary/aromatic N) is 4. The van der Waals surface area contributed by atoms with Gasteiger partial charge in [-0.2, -0.15) is 5.10 Å². The summed E-state index contributed by atoms with van der Waals surface area (Å²) in [6.07, 6.45) is 6.76. The number of ether oxygens (including phenoxy) is 1. The monoisotopic (exact) mass is 493 g/mol. The van der Waals surface area contributed by atoms with Gasteiger partial charge in [0.2, 0.25) is 11.8 Å². The Morgan fingerprint density at radius 1 is 1.31 bits per heavy atom. The Hall–Kier alpha value is -3.49. The quantitative estimate of drug-likeness (QED) is 0.478. The molecule has 8 nitrogen and oxygen atoms in total. The number of carbonyl (C=O) groups is 2. The number of amides is 2. The summed E-state index contributed by atoms with van der Waals surface area (Å²) in [6, 6.07) is 9.56. The Labute approximate surface area is 209 Å². The van der Waals surface area contributed by atoms with E-state index >= 15 is 0 Å². The summed E-state index contributed by atoms with van der Waals surface area (Å²) < 4.78 is 20.5. The van der Waals surface area contributed by atoms with E-state index in [0.29, 0.717) is 37.2 Å². The molecule has 0 aliphatic carbocycles. The fraction of sp³-hybridized carbons (Fsp3) is 0.481.